The molecule has 2 aliphatic rings. The van der Waals surface area contributed by atoms with E-state index in [9.17, 15) is 9.59 Å². The van der Waals surface area contributed by atoms with Gasteiger partial charge in [0, 0.05) is 34.6 Å². The van der Waals surface area contributed by atoms with Crippen molar-refractivity contribution in [3.05, 3.63) is 86.3 Å². The van der Waals surface area contributed by atoms with Gasteiger partial charge in [0.25, 0.3) is 11.5 Å². The summed E-state index contributed by atoms with van der Waals surface area (Å²) in [5.74, 6) is 0.714. The van der Waals surface area contributed by atoms with Crippen LogP contribution in [0.3, 0.4) is 0 Å². The number of rotatable bonds is 8. The second kappa shape index (κ2) is 9.30. The summed E-state index contributed by atoms with van der Waals surface area (Å²) in [6, 6.07) is 17.0. The zero-order chi connectivity index (χ0) is 24.8. The summed E-state index contributed by atoms with van der Waals surface area (Å²) in [6.07, 6.45) is 4.48. The van der Waals surface area contributed by atoms with E-state index in [1.165, 1.54) is 5.56 Å². The highest BCUT2D eigenvalue weighted by Crippen LogP contribution is 2.36. The lowest BCUT2D eigenvalue weighted by atomic mass is 10.0. The molecule has 36 heavy (non-hydrogen) atoms. The van der Waals surface area contributed by atoms with Gasteiger partial charge in [0.1, 0.15) is 10.7 Å². The van der Waals surface area contributed by atoms with E-state index in [1.54, 1.807) is 11.3 Å². The zero-order valence-electron chi connectivity index (χ0n) is 20.6. The number of aromatic amines is 1. The molecule has 2 aromatic heterocycles. The molecule has 4 aromatic rings. The number of nitrogens with zero attached hydrogens (tertiary/aromatic N) is 2. The van der Waals surface area contributed by atoms with Gasteiger partial charge in [0.2, 0.25) is 0 Å². The predicted octanol–water partition coefficient (Wildman–Crippen LogP) is 5.33. The van der Waals surface area contributed by atoms with Crippen molar-refractivity contribution in [2.24, 2.45) is 0 Å². The lowest BCUT2D eigenvalue weighted by molar-refractivity contribution is 0.0951. The summed E-state index contributed by atoms with van der Waals surface area (Å²) in [4.78, 5) is 37.8. The Bertz CT molecular complexity index is 1480. The number of amides is 1. The van der Waals surface area contributed by atoms with Crippen LogP contribution in [0.15, 0.2) is 53.3 Å². The molecule has 2 aliphatic carbocycles. The molecule has 0 radical (unpaired) electrons. The van der Waals surface area contributed by atoms with Gasteiger partial charge in [0.05, 0.1) is 11.9 Å². The third-order valence-corrected chi connectivity index (χ3v) is 8.06. The molecule has 2 heterocycles. The number of benzene rings is 2. The third kappa shape index (κ3) is 4.86. The topological polar surface area (TPSA) is 78.1 Å². The molecule has 0 aliphatic heterocycles. The van der Waals surface area contributed by atoms with Gasteiger partial charge in [-0.3, -0.25) is 14.5 Å². The van der Waals surface area contributed by atoms with Gasteiger partial charge in [0.15, 0.2) is 0 Å². The van der Waals surface area contributed by atoms with E-state index in [1.807, 2.05) is 24.3 Å². The molecule has 2 fully saturated rings. The van der Waals surface area contributed by atoms with Gasteiger partial charge in [-0.25, -0.2) is 4.98 Å². The van der Waals surface area contributed by atoms with Crippen LogP contribution in [0.2, 0.25) is 0 Å². The molecule has 6 nitrogen and oxygen atoms in total. The van der Waals surface area contributed by atoms with E-state index in [4.69, 9.17) is 4.98 Å². The van der Waals surface area contributed by atoms with E-state index >= 15 is 0 Å². The van der Waals surface area contributed by atoms with E-state index in [-0.39, 0.29) is 11.5 Å². The number of fused-ring (bicyclic) bond motifs is 1. The normalized spacial score (nSPS) is 15.5. The first kappa shape index (κ1) is 23.1. The van der Waals surface area contributed by atoms with Crippen molar-refractivity contribution >= 4 is 27.5 Å². The van der Waals surface area contributed by atoms with Gasteiger partial charge in [-0.2, -0.15) is 0 Å². The van der Waals surface area contributed by atoms with Crippen LogP contribution >= 0.6 is 11.3 Å². The van der Waals surface area contributed by atoms with E-state index in [0.717, 1.165) is 58.6 Å². The Hall–Kier alpha value is -3.29. The summed E-state index contributed by atoms with van der Waals surface area (Å²) < 4.78 is 0. The first-order valence-electron chi connectivity index (χ1n) is 12.7. The molecule has 1 amide bonds. The van der Waals surface area contributed by atoms with E-state index in [2.05, 4.69) is 53.3 Å². The molecule has 0 atom stereocenters. The first-order valence-corrected chi connectivity index (χ1v) is 13.5. The van der Waals surface area contributed by atoms with Crippen molar-refractivity contribution in [3.8, 4) is 11.1 Å². The van der Waals surface area contributed by atoms with Crippen LogP contribution in [-0.4, -0.2) is 32.9 Å². The predicted molar refractivity (Wildman–Crippen MR) is 144 cm³/mol. The molecule has 2 saturated carbocycles. The average Bonchev–Trinajstić information content (AvgIpc) is 3.78. The number of aromatic nitrogens is 2. The number of thiophene rings is 1. The highest BCUT2D eigenvalue weighted by molar-refractivity contribution is 7.19. The van der Waals surface area contributed by atoms with Crippen molar-refractivity contribution in [1.82, 2.24) is 20.2 Å². The second-order valence-corrected chi connectivity index (χ2v) is 11.4. The molecule has 0 bridgehead atoms. The number of aryl methyl sites for hydroxylation is 2. The number of carbonyl (C=O) groups excluding carboxylic acids is 1. The Morgan fingerprint density at radius 1 is 1.03 bits per heavy atom. The maximum Gasteiger partial charge on any atom is 0.260 e. The fourth-order valence-corrected chi connectivity index (χ4v) is 5.81. The van der Waals surface area contributed by atoms with Crippen molar-refractivity contribution in [3.63, 3.8) is 0 Å². The van der Waals surface area contributed by atoms with E-state index < -0.39 is 0 Å². The smallest absolute Gasteiger partial charge is 0.260 e. The van der Waals surface area contributed by atoms with Crippen molar-refractivity contribution in [2.45, 2.75) is 64.7 Å². The van der Waals surface area contributed by atoms with Gasteiger partial charge in [-0.05, 0) is 62.8 Å². The number of hydrogen-bond acceptors (Lipinski definition) is 5. The Labute approximate surface area is 214 Å². The molecule has 0 unspecified atom stereocenters. The molecule has 2 aromatic carbocycles. The molecule has 2 N–H and O–H groups in total. The summed E-state index contributed by atoms with van der Waals surface area (Å²) in [5.41, 5.74) is 5.02. The van der Waals surface area contributed by atoms with Crippen LogP contribution in [0.5, 0.6) is 0 Å². The third-order valence-electron chi connectivity index (χ3n) is 7.06. The summed E-state index contributed by atoms with van der Waals surface area (Å²) in [6.45, 7) is 5.48. The van der Waals surface area contributed by atoms with Crippen LogP contribution in [0, 0.1) is 13.8 Å². The lowest BCUT2D eigenvalue weighted by Crippen LogP contribution is -2.28. The Balaban J connectivity index is 1.22. The number of carbonyl (C=O) groups is 1. The largest absolute Gasteiger partial charge is 0.349 e. The maximum atomic E-state index is 13.2. The highest BCUT2D eigenvalue weighted by Gasteiger charge is 2.30. The minimum absolute atomic E-state index is 0.00873. The fourth-order valence-electron chi connectivity index (χ4n) is 4.74. The van der Waals surface area contributed by atoms with E-state index in [0.29, 0.717) is 35.4 Å². The molecule has 6 rings (SSSR count). The minimum atomic E-state index is -0.0725. The van der Waals surface area contributed by atoms with Crippen LogP contribution in [0.4, 0.5) is 0 Å². The van der Waals surface area contributed by atoms with Crippen LogP contribution in [-0.2, 0) is 13.1 Å². The van der Waals surface area contributed by atoms with Gasteiger partial charge in [-0.15, -0.1) is 11.3 Å². The van der Waals surface area contributed by atoms with Gasteiger partial charge < -0.3 is 10.3 Å². The number of nitrogens with one attached hydrogen (secondary N) is 2. The SMILES string of the molecule is Cc1ccc(-c2c(C)sc3nc(CN(Cc4ccc(C(=O)NC5CC5)cc4)C4CC4)[nH]c(=O)c23)cc1. The van der Waals surface area contributed by atoms with Crippen molar-refractivity contribution in [2.75, 3.05) is 0 Å². The Morgan fingerprint density at radius 3 is 2.42 bits per heavy atom. The quantitative estimate of drug-likeness (QED) is 0.344. The van der Waals surface area contributed by atoms with Gasteiger partial charge in [-0.1, -0.05) is 42.0 Å². The summed E-state index contributed by atoms with van der Waals surface area (Å²) in [5, 5.41) is 3.72. The lowest BCUT2D eigenvalue weighted by Gasteiger charge is -2.21. The average molecular weight is 499 g/mol. The monoisotopic (exact) mass is 498 g/mol. The second-order valence-electron chi connectivity index (χ2n) is 10.2. The summed E-state index contributed by atoms with van der Waals surface area (Å²) >= 11 is 1.59. The summed E-state index contributed by atoms with van der Waals surface area (Å²) in [7, 11) is 0. The Kier molecular flexibility index (Phi) is 5.97. The first-order chi connectivity index (χ1) is 17.4. The minimum Gasteiger partial charge on any atom is -0.349 e. The van der Waals surface area contributed by atoms with Crippen LogP contribution < -0.4 is 10.9 Å². The standard InChI is InChI=1S/C29H30N4O2S/c1-17-3-7-20(8-4-17)25-18(2)36-29-26(25)28(35)31-24(32-29)16-33(23-13-14-23)15-19-5-9-21(10-6-19)27(34)30-22-11-12-22/h3-10,22-23H,11-16H2,1-2H3,(H,30,34)(H,31,32,35). The van der Waals surface area contributed by atoms with Crippen LogP contribution in [0.1, 0.15) is 57.9 Å². The maximum absolute atomic E-state index is 13.2. The zero-order valence-corrected chi connectivity index (χ0v) is 21.5. The van der Waals surface area contributed by atoms with Crippen molar-refractivity contribution < 1.29 is 4.79 Å². The molecular formula is C29H30N4O2S. The molecule has 0 saturated heterocycles. The number of hydrogen-bond donors (Lipinski definition) is 2. The highest BCUT2D eigenvalue weighted by atomic mass is 32.1. The molecular weight excluding hydrogens is 468 g/mol. The van der Waals surface area contributed by atoms with Gasteiger partial charge >= 0.3 is 0 Å². The molecule has 7 heteroatoms. The van der Waals surface area contributed by atoms with Crippen LogP contribution in [0.25, 0.3) is 21.3 Å². The van der Waals surface area contributed by atoms with Crippen molar-refractivity contribution in [1.29, 1.82) is 0 Å². The fraction of sp³-hybridized carbons (Fsp3) is 0.345. The molecule has 184 valence electrons. The Morgan fingerprint density at radius 2 is 1.75 bits per heavy atom. The molecule has 0 spiro atoms. The number of H-pyrrole nitrogens is 1.